The topological polar surface area (TPSA) is 49.4 Å². The predicted molar refractivity (Wildman–Crippen MR) is 127 cm³/mol. The van der Waals surface area contributed by atoms with Gasteiger partial charge in [-0.2, -0.15) is 13.2 Å². The van der Waals surface area contributed by atoms with Gasteiger partial charge in [-0.3, -0.25) is 14.5 Å². The van der Waals surface area contributed by atoms with Crippen LogP contribution >= 0.6 is 11.8 Å². The van der Waals surface area contributed by atoms with Gasteiger partial charge in [0.15, 0.2) is 0 Å². The highest BCUT2D eigenvalue weighted by atomic mass is 32.2. The molecule has 8 heteroatoms. The highest BCUT2D eigenvalue weighted by molar-refractivity contribution is 8.00. The molecule has 33 heavy (non-hydrogen) atoms. The van der Waals surface area contributed by atoms with Crippen LogP contribution in [0.2, 0.25) is 0 Å². The van der Waals surface area contributed by atoms with Crippen LogP contribution in [0.3, 0.4) is 0 Å². The Kier molecular flexibility index (Phi) is 7.46. The fraction of sp³-hybridized carbons (Fsp3) is 0.440. The summed E-state index contributed by atoms with van der Waals surface area (Å²) in [6, 6.07) is 11.9. The van der Waals surface area contributed by atoms with Gasteiger partial charge in [0.05, 0.1) is 11.3 Å². The van der Waals surface area contributed by atoms with Crippen LogP contribution in [0.4, 0.5) is 24.5 Å². The second-order valence-corrected chi connectivity index (χ2v) is 10.8. The van der Waals surface area contributed by atoms with Gasteiger partial charge >= 0.3 is 6.18 Å². The van der Waals surface area contributed by atoms with Crippen molar-refractivity contribution in [2.24, 2.45) is 11.3 Å². The van der Waals surface area contributed by atoms with E-state index < -0.39 is 11.7 Å². The van der Waals surface area contributed by atoms with Crippen LogP contribution in [-0.2, 0) is 15.8 Å². The first-order valence-electron chi connectivity index (χ1n) is 10.8. The van der Waals surface area contributed by atoms with Crippen molar-refractivity contribution in [2.45, 2.75) is 52.1 Å². The summed E-state index contributed by atoms with van der Waals surface area (Å²) in [5.74, 6) is 0.229. The molecule has 4 nitrogen and oxygen atoms in total. The van der Waals surface area contributed by atoms with Gasteiger partial charge < -0.3 is 5.32 Å². The number of hydrogen-bond acceptors (Lipinski definition) is 3. The van der Waals surface area contributed by atoms with Crippen molar-refractivity contribution in [1.29, 1.82) is 0 Å². The van der Waals surface area contributed by atoms with E-state index in [1.54, 1.807) is 12.1 Å². The molecule has 0 radical (unpaired) electrons. The summed E-state index contributed by atoms with van der Waals surface area (Å²) in [6.07, 6.45) is -3.09. The number of benzene rings is 2. The molecule has 0 aromatic heterocycles. The maximum absolute atomic E-state index is 12.9. The van der Waals surface area contributed by atoms with Gasteiger partial charge in [0.1, 0.15) is 5.37 Å². The standard InChI is InChI=1S/C25H29F3N2O2S/c1-16(14-24(2,3)4)12-21(31)29-19-7-5-6-17(13-19)23-30(22(32)15-33-23)20-10-8-18(9-11-20)25(26,27)28/h5-11,13,16,23H,12,14-15H2,1-4H3,(H,29,31)/t16-,23+/m0/s1. The molecular weight excluding hydrogens is 449 g/mol. The minimum atomic E-state index is -4.43. The lowest BCUT2D eigenvalue weighted by Gasteiger charge is -2.25. The first-order valence-corrected chi connectivity index (χ1v) is 11.9. The Morgan fingerprint density at radius 3 is 2.42 bits per heavy atom. The third kappa shape index (κ3) is 6.76. The second kappa shape index (κ2) is 9.79. The largest absolute Gasteiger partial charge is 0.416 e. The molecule has 178 valence electrons. The number of amides is 2. The fourth-order valence-corrected chi connectivity index (χ4v) is 5.34. The summed E-state index contributed by atoms with van der Waals surface area (Å²) in [5, 5.41) is 2.55. The molecule has 0 spiro atoms. The van der Waals surface area contributed by atoms with Crippen molar-refractivity contribution in [2.75, 3.05) is 16.0 Å². The Balaban J connectivity index is 1.74. The fourth-order valence-electron chi connectivity index (χ4n) is 4.18. The van der Waals surface area contributed by atoms with E-state index in [1.807, 2.05) is 12.1 Å². The van der Waals surface area contributed by atoms with E-state index in [1.165, 1.54) is 28.8 Å². The summed E-state index contributed by atoms with van der Waals surface area (Å²) in [5.41, 5.74) is 1.23. The number of carbonyl (C=O) groups is 2. The zero-order chi connectivity index (χ0) is 24.4. The van der Waals surface area contributed by atoms with Crippen molar-refractivity contribution in [3.8, 4) is 0 Å². The minimum Gasteiger partial charge on any atom is -0.326 e. The molecule has 2 amide bonds. The third-order valence-electron chi connectivity index (χ3n) is 5.29. The number of carbonyl (C=O) groups excluding carboxylic acids is 2. The van der Waals surface area contributed by atoms with E-state index >= 15 is 0 Å². The SMILES string of the molecule is C[C@@H](CC(=O)Nc1cccc([C@H]2SCC(=O)N2c2ccc(C(F)(F)F)cc2)c1)CC(C)(C)C. The molecule has 1 fully saturated rings. The number of nitrogens with one attached hydrogen (secondary N) is 1. The van der Waals surface area contributed by atoms with Gasteiger partial charge in [-0.25, -0.2) is 0 Å². The first-order chi connectivity index (χ1) is 15.3. The molecule has 2 atom stereocenters. The minimum absolute atomic E-state index is 0.0707. The Hall–Kier alpha value is -2.48. The predicted octanol–water partition coefficient (Wildman–Crippen LogP) is 6.88. The van der Waals surface area contributed by atoms with Crippen LogP contribution in [0.25, 0.3) is 0 Å². The maximum Gasteiger partial charge on any atom is 0.416 e. The Morgan fingerprint density at radius 1 is 1.15 bits per heavy atom. The van der Waals surface area contributed by atoms with Gasteiger partial charge in [0.25, 0.3) is 0 Å². The number of alkyl halides is 3. The van der Waals surface area contributed by atoms with E-state index in [9.17, 15) is 22.8 Å². The average Bonchev–Trinajstić information content (AvgIpc) is 3.07. The molecule has 0 unspecified atom stereocenters. The van der Waals surface area contributed by atoms with Gasteiger partial charge in [-0.15, -0.1) is 11.8 Å². The average molecular weight is 479 g/mol. The van der Waals surface area contributed by atoms with Crippen LogP contribution < -0.4 is 10.2 Å². The van der Waals surface area contributed by atoms with E-state index in [0.29, 0.717) is 17.8 Å². The molecule has 2 aromatic carbocycles. The second-order valence-electron chi connectivity index (χ2n) is 9.72. The number of hydrogen-bond donors (Lipinski definition) is 1. The van der Waals surface area contributed by atoms with Crippen molar-refractivity contribution in [3.63, 3.8) is 0 Å². The monoisotopic (exact) mass is 478 g/mol. The number of halogens is 3. The molecular formula is C25H29F3N2O2S. The molecule has 0 saturated carbocycles. The number of nitrogens with zero attached hydrogens (tertiary/aromatic N) is 1. The molecule has 1 N–H and O–H groups in total. The van der Waals surface area contributed by atoms with E-state index in [0.717, 1.165) is 24.1 Å². The molecule has 2 aromatic rings. The van der Waals surface area contributed by atoms with E-state index in [2.05, 4.69) is 33.0 Å². The molecule has 0 bridgehead atoms. The Morgan fingerprint density at radius 2 is 1.82 bits per heavy atom. The summed E-state index contributed by atoms with van der Waals surface area (Å²) in [6.45, 7) is 8.50. The van der Waals surface area contributed by atoms with Crippen LogP contribution in [0.15, 0.2) is 48.5 Å². The van der Waals surface area contributed by atoms with Gasteiger partial charge in [-0.1, -0.05) is 39.8 Å². The Labute approximate surface area is 196 Å². The van der Waals surface area contributed by atoms with Crippen LogP contribution in [0.5, 0.6) is 0 Å². The molecule has 1 heterocycles. The highest BCUT2D eigenvalue weighted by Gasteiger charge is 2.35. The summed E-state index contributed by atoms with van der Waals surface area (Å²) >= 11 is 1.40. The zero-order valence-electron chi connectivity index (χ0n) is 19.2. The van der Waals surface area contributed by atoms with E-state index in [-0.39, 0.29) is 34.3 Å². The van der Waals surface area contributed by atoms with Gasteiger partial charge in [-0.05, 0) is 59.7 Å². The number of anilines is 2. The van der Waals surface area contributed by atoms with E-state index in [4.69, 9.17) is 0 Å². The van der Waals surface area contributed by atoms with Crippen molar-refractivity contribution >= 4 is 35.0 Å². The lowest BCUT2D eigenvalue weighted by atomic mass is 9.84. The quantitative estimate of drug-likeness (QED) is 0.492. The maximum atomic E-state index is 12.9. The number of rotatable bonds is 6. The molecule has 1 saturated heterocycles. The number of thioether (sulfide) groups is 1. The van der Waals surface area contributed by atoms with Crippen molar-refractivity contribution in [1.82, 2.24) is 0 Å². The summed E-state index contributed by atoms with van der Waals surface area (Å²) in [4.78, 5) is 26.6. The smallest absolute Gasteiger partial charge is 0.326 e. The molecule has 3 rings (SSSR count). The van der Waals surface area contributed by atoms with Crippen LogP contribution in [0.1, 0.15) is 57.0 Å². The van der Waals surface area contributed by atoms with Crippen LogP contribution in [-0.4, -0.2) is 17.6 Å². The first kappa shape index (κ1) is 25.1. The van der Waals surface area contributed by atoms with Crippen molar-refractivity contribution < 1.29 is 22.8 Å². The van der Waals surface area contributed by atoms with Crippen molar-refractivity contribution in [3.05, 3.63) is 59.7 Å². The Bertz CT molecular complexity index is 1000. The van der Waals surface area contributed by atoms with Crippen LogP contribution in [0, 0.1) is 11.3 Å². The van der Waals surface area contributed by atoms with Gasteiger partial charge in [0, 0.05) is 17.8 Å². The molecule has 0 aliphatic carbocycles. The highest BCUT2D eigenvalue weighted by Crippen LogP contribution is 2.43. The lowest BCUT2D eigenvalue weighted by molar-refractivity contribution is -0.137. The zero-order valence-corrected chi connectivity index (χ0v) is 20.0. The third-order valence-corrected chi connectivity index (χ3v) is 6.50. The molecule has 1 aliphatic heterocycles. The summed E-state index contributed by atoms with van der Waals surface area (Å²) < 4.78 is 38.7. The summed E-state index contributed by atoms with van der Waals surface area (Å²) in [7, 11) is 0. The normalized spacial score (nSPS) is 17.8. The molecule has 1 aliphatic rings. The lowest BCUT2D eigenvalue weighted by Crippen LogP contribution is -2.28. The van der Waals surface area contributed by atoms with Gasteiger partial charge in [0.2, 0.25) is 11.8 Å².